The minimum atomic E-state index is -4.72. The first-order chi connectivity index (χ1) is 9.27. The van der Waals surface area contributed by atoms with Gasteiger partial charge in [-0.15, -0.1) is 0 Å². The number of benzene rings is 1. The van der Waals surface area contributed by atoms with Crippen molar-refractivity contribution in [2.24, 2.45) is 0 Å². The summed E-state index contributed by atoms with van der Waals surface area (Å²) in [5, 5.41) is 4.03. The molecular formula is C11H11F3N2O4. The highest BCUT2D eigenvalue weighted by molar-refractivity contribution is 5.88. The van der Waals surface area contributed by atoms with Crippen LogP contribution in [-0.2, 0) is 15.7 Å². The van der Waals surface area contributed by atoms with Gasteiger partial charge in [0, 0.05) is 5.69 Å². The molecule has 2 amide bonds. The third kappa shape index (κ3) is 4.04. The molecule has 0 saturated heterocycles. The quantitative estimate of drug-likeness (QED) is 0.878. The summed E-state index contributed by atoms with van der Waals surface area (Å²) in [7, 11) is 2.10. The van der Waals surface area contributed by atoms with Crippen molar-refractivity contribution in [3.63, 3.8) is 0 Å². The van der Waals surface area contributed by atoms with Gasteiger partial charge >= 0.3 is 18.4 Å². The van der Waals surface area contributed by atoms with Gasteiger partial charge in [-0.3, -0.25) is 10.6 Å². The Morgan fingerprint density at radius 1 is 1.05 bits per heavy atom. The lowest BCUT2D eigenvalue weighted by molar-refractivity contribution is -0.136. The minimum absolute atomic E-state index is 0.125. The molecule has 0 spiro atoms. The third-order valence-electron chi connectivity index (χ3n) is 2.18. The van der Waals surface area contributed by atoms with E-state index < -0.39 is 29.6 Å². The first-order valence-corrected chi connectivity index (χ1v) is 5.19. The number of rotatable bonds is 2. The molecule has 9 heteroatoms. The summed E-state index contributed by atoms with van der Waals surface area (Å²) in [6.07, 6.45) is -6.67. The lowest BCUT2D eigenvalue weighted by atomic mass is 10.1. The summed E-state index contributed by atoms with van der Waals surface area (Å²) in [6.45, 7) is 0. The summed E-state index contributed by atoms with van der Waals surface area (Å²) in [5.41, 5.74) is -1.74. The zero-order chi connectivity index (χ0) is 15.3. The maximum Gasteiger partial charge on any atom is 0.418 e. The number of hydrogen-bond acceptors (Lipinski definition) is 4. The summed E-state index contributed by atoms with van der Waals surface area (Å²) in [4.78, 5) is 21.9. The SMILES string of the molecule is COC(=O)Nc1ccc(NC(=O)OC)c(C(F)(F)F)c1. The van der Waals surface area contributed by atoms with Crippen LogP contribution in [0, 0.1) is 0 Å². The summed E-state index contributed by atoms with van der Waals surface area (Å²) >= 11 is 0. The van der Waals surface area contributed by atoms with Crippen molar-refractivity contribution in [3.05, 3.63) is 23.8 Å². The van der Waals surface area contributed by atoms with Gasteiger partial charge in [-0.2, -0.15) is 13.2 Å². The van der Waals surface area contributed by atoms with E-state index in [1.807, 2.05) is 5.32 Å². The number of carbonyl (C=O) groups is 2. The van der Waals surface area contributed by atoms with Crippen LogP contribution in [0.2, 0.25) is 0 Å². The standard InChI is InChI=1S/C11H11F3N2O4/c1-19-9(17)15-6-3-4-8(16-10(18)20-2)7(5-6)11(12,13)14/h3-5H,1-2H3,(H,15,17)(H,16,18). The van der Waals surface area contributed by atoms with Crippen molar-refractivity contribution >= 4 is 23.6 Å². The zero-order valence-electron chi connectivity index (χ0n) is 10.5. The van der Waals surface area contributed by atoms with E-state index in [2.05, 4.69) is 14.8 Å². The van der Waals surface area contributed by atoms with Crippen molar-refractivity contribution in [2.75, 3.05) is 24.9 Å². The number of methoxy groups -OCH3 is 2. The average Bonchev–Trinajstić information content (AvgIpc) is 2.38. The van der Waals surface area contributed by atoms with Crippen LogP contribution in [0.1, 0.15) is 5.56 Å². The molecule has 0 atom stereocenters. The van der Waals surface area contributed by atoms with Gasteiger partial charge in [-0.05, 0) is 18.2 Å². The molecule has 2 N–H and O–H groups in total. The van der Waals surface area contributed by atoms with Crippen molar-refractivity contribution in [1.82, 2.24) is 0 Å². The molecule has 0 fully saturated rings. The number of nitrogens with one attached hydrogen (secondary N) is 2. The van der Waals surface area contributed by atoms with E-state index in [9.17, 15) is 22.8 Å². The molecule has 0 heterocycles. The van der Waals surface area contributed by atoms with Crippen molar-refractivity contribution in [2.45, 2.75) is 6.18 Å². The van der Waals surface area contributed by atoms with Gasteiger partial charge in [0.15, 0.2) is 0 Å². The van der Waals surface area contributed by atoms with E-state index in [1.54, 1.807) is 0 Å². The molecule has 1 rings (SSSR count). The van der Waals surface area contributed by atoms with E-state index in [0.29, 0.717) is 6.07 Å². The molecule has 1 aromatic carbocycles. The van der Waals surface area contributed by atoms with Gasteiger partial charge in [0.05, 0.1) is 25.5 Å². The summed E-state index contributed by atoms with van der Waals surface area (Å²) in [5.74, 6) is 0. The largest absolute Gasteiger partial charge is 0.453 e. The molecule has 6 nitrogen and oxygen atoms in total. The van der Waals surface area contributed by atoms with Gasteiger partial charge in [-0.25, -0.2) is 9.59 Å². The summed E-state index contributed by atoms with van der Waals surface area (Å²) < 4.78 is 47.1. The van der Waals surface area contributed by atoms with Gasteiger partial charge in [0.1, 0.15) is 0 Å². The second kappa shape index (κ2) is 6.13. The fourth-order valence-electron chi connectivity index (χ4n) is 1.30. The highest BCUT2D eigenvalue weighted by Gasteiger charge is 2.34. The molecule has 0 aliphatic rings. The lowest BCUT2D eigenvalue weighted by Gasteiger charge is -2.15. The first-order valence-electron chi connectivity index (χ1n) is 5.19. The maximum absolute atomic E-state index is 12.9. The molecule has 0 bridgehead atoms. The smallest absolute Gasteiger partial charge is 0.418 e. The highest BCUT2D eigenvalue weighted by Crippen LogP contribution is 2.36. The average molecular weight is 292 g/mol. The molecule has 0 aliphatic carbocycles. The molecule has 0 saturated carbocycles. The lowest BCUT2D eigenvalue weighted by Crippen LogP contribution is -2.17. The van der Waals surface area contributed by atoms with Crippen LogP contribution in [0.5, 0.6) is 0 Å². The van der Waals surface area contributed by atoms with Crippen molar-refractivity contribution in [1.29, 1.82) is 0 Å². The Morgan fingerprint density at radius 2 is 1.60 bits per heavy atom. The van der Waals surface area contributed by atoms with Gasteiger partial charge in [-0.1, -0.05) is 0 Å². The van der Waals surface area contributed by atoms with E-state index >= 15 is 0 Å². The number of alkyl halides is 3. The van der Waals surface area contributed by atoms with E-state index in [1.165, 1.54) is 6.07 Å². The zero-order valence-corrected chi connectivity index (χ0v) is 10.5. The summed E-state index contributed by atoms with van der Waals surface area (Å²) in [6, 6.07) is 2.84. The Kier molecular flexibility index (Phi) is 4.78. The predicted molar refractivity (Wildman–Crippen MR) is 63.5 cm³/mol. The van der Waals surface area contributed by atoms with Crippen molar-refractivity contribution < 1.29 is 32.2 Å². The molecule has 20 heavy (non-hydrogen) atoms. The molecule has 1 aromatic rings. The first kappa shape index (κ1) is 15.6. The molecule has 0 radical (unpaired) electrons. The van der Waals surface area contributed by atoms with Crippen LogP contribution < -0.4 is 10.6 Å². The Bertz CT molecular complexity index is 517. The Hall–Kier alpha value is -2.45. The van der Waals surface area contributed by atoms with Gasteiger partial charge in [0.25, 0.3) is 0 Å². The van der Waals surface area contributed by atoms with E-state index in [4.69, 9.17) is 0 Å². The predicted octanol–water partition coefficient (Wildman–Crippen LogP) is 3.06. The number of halogens is 3. The molecule has 0 unspecified atom stereocenters. The second-order valence-electron chi connectivity index (χ2n) is 3.49. The highest BCUT2D eigenvalue weighted by atomic mass is 19.4. The normalized spacial score (nSPS) is 10.7. The van der Waals surface area contributed by atoms with Gasteiger partial charge < -0.3 is 9.47 Å². The number of hydrogen-bond donors (Lipinski definition) is 2. The fraction of sp³-hybridized carbons (Fsp3) is 0.273. The number of carbonyl (C=O) groups excluding carboxylic acids is 2. The minimum Gasteiger partial charge on any atom is -0.453 e. The Labute approximate surface area is 111 Å². The van der Waals surface area contributed by atoms with Crippen LogP contribution >= 0.6 is 0 Å². The van der Waals surface area contributed by atoms with Crippen LogP contribution in [0.3, 0.4) is 0 Å². The van der Waals surface area contributed by atoms with Crippen LogP contribution in [0.25, 0.3) is 0 Å². The topological polar surface area (TPSA) is 76.7 Å². The molecular weight excluding hydrogens is 281 g/mol. The van der Waals surface area contributed by atoms with Crippen molar-refractivity contribution in [3.8, 4) is 0 Å². The maximum atomic E-state index is 12.9. The van der Waals surface area contributed by atoms with Gasteiger partial charge in [0.2, 0.25) is 0 Å². The molecule has 0 aromatic heterocycles. The second-order valence-corrected chi connectivity index (χ2v) is 3.49. The number of anilines is 2. The monoisotopic (exact) mass is 292 g/mol. The van der Waals surface area contributed by atoms with Crippen LogP contribution in [0.4, 0.5) is 34.1 Å². The Balaban J connectivity index is 3.13. The molecule has 110 valence electrons. The fourth-order valence-corrected chi connectivity index (χ4v) is 1.30. The third-order valence-corrected chi connectivity index (χ3v) is 2.18. The van der Waals surface area contributed by atoms with E-state index in [0.717, 1.165) is 20.3 Å². The van der Waals surface area contributed by atoms with Crippen LogP contribution in [-0.4, -0.2) is 26.4 Å². The Morgan fingerprint density at radius 3 is 2.10 bits per heavy atom. The number of ether oxygens (including phenoxy) is 2. The molecule has 0 aliphatic heterocycles. The number of amides is 2. The van der Waals surface area contributed by atoms with Crippen LogP contribution in [0.15, 0.2) is 18.2 Å². The van der Waals surface area contributed by atoms with E-state index in [-0.39, 0.29) is 5.69 Å².